The third-order valence-corrected chi connectivity index (χ3v) is 4.93. The van der Waals surface area contributed by atoms with Crippen LogP contribution in [-0.2, 0) is 0 Å². The molecular formula is C18H18ClN6+. The van der Waals surface area contributed by atoms with Gasteiger partial charge >= 0.3 is 0 Å². The monoisotopic (exact) mass is 353 g/mol. The van der Waals surface area contributed by atoms with Crippen LogP contribution < -0.4 is 15.1 Å². The molecule has 1 atom stereocenters. The van der Waals surface area contributed by atoms with Crippen LogP contribution in [0.4, 0.5) is 11.5 Å². The molecule has 2 aromatic rings. The highest BCUT2D eigenvalue weighted by Crippen LogP contribution is 2.39. The lowest BCUT2D eigenvalue weighted by molar-refractivity contribution is -0.698. The number of aromatic nitrogens is 2. The number of anilines is 2. The number of halogens is 1. The molecule has 0 spiro atoms. The molecule has 0 radical (unpaired) electrons. The highest BCUT2D eigenvalue weighted by molar-refractivity contribution is 6.30. The van der Waals surface area contributed by atoms with Crippen molar-refractivity contribution in [2.45, 2.75) is 18.8 Å². The lowest BCUT2D eigenvalue weighted by Gasteiger charge is -2.28. The number of fused-ring (bicyclic) bond motifs is 1. The van der Waals surface area contributed by atoms with Gasteiger partial charge in [0.1, 0.15) is 12.7 Å². The second-order valence-corrected chi connectivity index (χ2v) is 7.00. The molecule has 126 valence electrons. The lowest BCUT2D eigenvalue weighted by atomic mass is 10.2. The Morgan fingerprint density at radius 2 is 2.20 bits per heavy atom. The van der Waals surface area contributed by atoms with Crippen molar-refractivity contribution in [3.05, 3.63) is 65.5 Å². The molecule has 1 unspecified atom stereocenters. The SMILES string of the molecule is Clc1cccc(N2C=C(Nc3cc(C4CC4)[nH]n3)[NH+]3C=CN=C3C2)c1. The average molecular weight is 354 g/mol. The number of rotatable bonds is 4. The molecule has 1 fully saturated rings. The van der Waals surface area contributed by atoms with Crippen molar-refractivity contribution in [2.75, 3.05) is 16.8 Å². The molecule has 3 heterocycles. The van der Waals surface area contributed by atoms with Gasteiger partial charge in [-0.3, -0.25) is 10.4 Å². The number of quaternary nitrogens is 1. The van der Waals surface area contributed by atoms with E-state index in [1.54, 1.807) is 0 Å². The first kappa shape index (κ1) is 14.7. The molecule has 6 nitrogen and oxygen atoms in total. The average Bonchev–Trinajstić information content (AvgIpc) is 3.16. The number of nitrogens with zero attached hydrogens (tertiary/aromatic N) is 3. The van der Waals surface area contributed by atoms with E-state index >= 15 is 0 Å². The van der Waals surface area contributed by atoms with Crippen molar-refractivity contribution >= 4 is 28.9 Å². The summed E-state index contributed by atoms with van der Waals surface area (Å²) in [7, 11) is 0. The minimum Gasteiger partial charge on any atom is -0.329 e. The molecule has 0 bridgehead atoms. The van der Waals surface area contributed by atoms with Crippen LogP contribution in [0.3, 0.4) is 0 Å². The fourth-order valence-electron chi connectivity index (χ4n) is 3.23. The minimum absolute atomic E-state index is 0.655. The maximum Gasteiger partial charge on any atom is 0.232 e. The van der Waals surface area contributed by atoms with E-state index < -0.39 is 0 Å². The van der Waals surface area contributed by atoms with Crippen LogP contribution in [-0.4, -0.2) is 22.6 Å². The molecule has 1 saturated carbocycles. The number of amidine groups is 1. The molecule has 2 aliphatic heterocycles. The van der Waals surface area contributed by atoms with E-state index in [2.05, 4.69) is 37.7 Å². The summed E-state index contributed by atoms with van der Waals surface area (Å²) < 4.78 is 0. The Kier molecular flexibility index (Phi) is 3.39. The Labute approximate surface area is 150 Å². The molecule has 5 rings (SSSR count). The van der Waals surface area contributed by atoms with Gasteiger partial charge in [0.15, 0.2) is 5.82 Å². The topological polar surface area (TPSA) is 60.8 Å². The van der Waals surface area contributed by atoms with Crippen LogP contribution in [0.5, 0.6) is 0 Å². The Morgan fingerprint density at radius 3 is 3.04 bits per heavy atom. The molecule has 0 amide bonds. The number of H-pyrrole nitrogens is 1. The number of aromatic amines is 1. The molecule has 25 heavy (non-hydrogen) atoms. The summed E-state index contributed by atoms with van der Waals surface area (Å²) in [4.78, 5) is 7.78. The smallest absolute Gasteiger partial charge is 0.232 e. The molecule has 1 aliphatic carbocycles. The summed E-state index contributed by atoms with van der Waals surface area (Å²) in [6.07, 6.45) is 8.49. The molecule has 7 heteroatoms. The summed E-state index contributed by atoms with van der Waals surface area (Å²) in [5.74, 6) is 3.53. The van der Waals surface area contributed by atoms with Gasteiger partial charge in [0, 0.05) is 28.4 Å². The summed E-state index contributed by atoms with van der Waals surface area (Å²) >= 11 is 6.15. The number of benzene rings is 1. The van der Waals surface area contributed by atoms with E-state index in [1.807, 2.05) is 36.7 Å². The highest BCUT2D eigenvalue weighted by Gasteiger charge is 2.32. The predicted molar refractivity (Wildman–Crippen MR) is 98.6 cm³/mol. The fraction of sp³-hybridized carbons (Fsp3) is 0.222. The maximum atomic E-state index is 6.15. The minimum atomic E-state index is 0.655. The highest BCUT2D eigenvalue weighted by atomic mass is 35.5. The van der Waals surface area contributed by atoms with Crippen molar-refractivity contribution in [3.8, 4) is 0 Å². The number of aliphatic imine (C=N–C) groups is 1. The van der Waals surface area contributed by atoms with Crippen molar-refractivity contribution in [2.24, 2.45) is 4.99 Å². The van der Waals surface area contributed by atoms with E-state index in [4.69, 9.17) is 11.6 Å². The largest absolute Gasteiger partial charge is 0.329 e. The van der Waals surface area contributed by atoms with E-state index in [1.165, 1.54) is 18.5 Å². The summed E-state index contributed by atoms with van der Waals surface area (Å²) in [5, 5.41) is 11.7. The third kappa shape index (κ3) is 2.83. The number of hydrogen-bond acceptors (Lipinski definition) is 4. The fourth-order valence-corrected chi connectivity index (χ4v) is 3.42. The molecule has 0 saturated heterocycles. The van der Waals surface area contributed by atoms with Crippen molar-refractivity contribution < 1.29 is 4.90 Å². The Morgan fingerprint density at radius 1 is 1.28 bits per heavy atom. The van der Waals surface area contributed by atoms with E-state index in [0.717, 1.165) is 39.6 Å². The van der Waals surface area contributed by atoms with Crippen LogP contribution in [0.15, 0.2) is 59.7 Å². The van der Waals surface area contributed by atoms with Gasteiger partial charge in [0.2, 0.25) is 11.7 Å². The van der Waals surface area contributed by atoms with Crippen LogP contribution in [0.25, 0.3) is 0 Å². The summed E-state index contributed by atoms with van der Waals surface area (Å²) in [5.41, 5.74) is 2.26. The zero-order valence-electron chi connectivity index (χ0n) is 13.5. The maximum absolute atomic E-state index is 6.15. The molecule has 3 N–H and O–H groups in total. The zero-order chi connectivity index (χ0) is 16.8. The molecule has 3 aliphatic rings. The van der Waals surface area contributed by atoms with E-state index in [9.17, 15) is 0 Å². The first-order chi connectivity index (χ1) is 12.3. The Bertz CT molecular complexity index is 908. The first-order valence-electron chi connectivity index (χ1n) is 8.43. The number of nitrogens with one attached hydrogen (secondary N) is 3. The molecule has 1 aromatic carbocycles. The van der Waals surface area contributed by atoms with Gasteiger partial charge in [0.05, 0.1) is 12.4 Å². The van der Waals surface area contributed by atoms with Gasteiger partial charge in [-0.15, -0.1) is 0 Å². The van der Waals surface area contributed by atoms with Gasteiger partial charge < -0.3 is 4.90 Å². The number of hydrogen-bond donors (Lipinski definition) is 3. The first-order valence-corrected chi connectivity index (χ1v) is 8.81. The second-order valence-electron chi connectivity index (χ2n) is 6.56. The van der Waals surface area contributed by atoms with E-state index in [0.29, 0.717) is 5.92 Å². The third-order valence-electron chi connectivity index (χ3n) is 4.70. The molecule has 1 aromatic heterocycles. The van der Waals surface area contributed by atoms with Crippen LogP contribution in [0.1, 0.15) is 24.5 Å². The van der Waals surface area contributed by atoms with Gasteiger partial charge in [-0.1, -0.05) is 17.7 Å². The van der Waals surface area contributed by atoms with Gasteiger partial charge in [0.25, 0.3) is 0 Å². The van der Waals surface area contributed by atoms with Gasteiger partial charge in [-0.2, -0.15) is 5.10 Å². The zero-order valence-corrected chi connectivity index (χ0v) is 14.3. The van der Waals surface area contributed by atoms with Crippen LogP contribution in [0.2, 0.25) is 5.02 Å². The van der Waals surface area contributed by atoms with Crippen molar-refractivity contribution in [1.82, 2.24) is 10.2 Å². The second kappa shape index (κ2) is 5.75. The normalized spacial score (nSPS) is 21.8. The van der Waals surface area contributed by atoms with Crippen molar-refractivity contribution in [1.29, 1.82) is 0 Å². The van der Waals surface area contributed by atoms with Gasteiger partial charge in [-0.05, 0) is 31.0 Å². The summed E-state index contributed by atoms with van der Waals surface area (Å²) in [6.45, 7) is 0.724. The standard InChI is InChI=1S/C18H17ClN6/c19-13-2-1-3-14(8-13)24-10-17-20-6-7-25(17)18(11-24)21-16-9-15(22-23-16)12-4-5-12/h1-3,6-9,11-12H,4-5,10H2,(H2,21,22,23)/p+1. The Balaban J connectivity index is 1.46. The van der Waals surface area contributed by atoms with E-state index in [-0.39, 0.29) is 0 Å². The van der Waals surface area contributed by atoms with Crippen LogP contribution >= 0.6 is 11.6 Å². The van der Waals surface area contributed by atoms with Crippen LogP contribution in [0, 0.1) is 0 Å². The Hall–Kier alpha value is -2.57. The van der Waals surface area contributed by atoms with Gasteiger partial charge in [-0.25, -0.2) is 9.89 Å². The van der Waals surface area contributed by atoms with Crippen molar-refractivity contribution in [3.63, 3.8) is 0 Å². The molecular weight excluding hydrogens is 336 g/mol. The lowest BCUT2D eigenvalue weighted by Crippen LogP contribution is -3.10. The quantitative estimate of drug-likeness (QED) is 0.791. The summed E-state index contributed by atoms with van der Waals surface area (Å²) in [6, 6.07) is 9.96. The predicted octanol–water partition coefficient (Wildman–Crippen LogP) is 2.44.